The molecule has 0 aliphatic carbocycles. The quantitative estimate of drug-likeness (QED) is 0.520. The average molecular weight is 328 g/mol. The fourth-order valence-corrected chi connectivity index (χ4v) is 2.92. The van der Waals surface area contributed by atoms with Crippen molar-refractivity contribution in [2.45, 2.75) is 83.1 Å². The molecule has 5 heteroatoms. The molecule has 2 rings (SSSR count). The van der Waals surface area contributed by atoms with Gasteiger partial charge in [-0.1, -0.05) is 25.0 Å². The lowest BCUT2D eigenvalue weighted by atomic mass is 10.1. The summed E-state index contributed by atoms with van der Waals surface area (Å²) in [6.07, 6.45) is 11.2. The van der Waals surface area contributed by atoms with Gasteiger partial charge in [0.2, 0.25) is 0 Å². The van der Waals surface area contributed by atoms with Gasteiger partial charge in [0.25, 0.3) is 0 Å². The van der Waals surface area contributed by atoms with Gasteiger partial charge >= 0.3 is 0 Å². The normalized spacial score (nSPS) is 29.2. The van der Waals surface area contributed by atoms with E-state index in [0.29, 0.717) is 6.61 Å². The van der Waals surface area contributed by atoms with Gasteiger partial charge in [0.15, 0.2) is 12.1 Å². The van der Waals surface area contributed by atoms with Gasteiger partial charge in [-0.05, 0) is 46.0 Å². The van der Waals surface area contributed by atoms with Crippen LogP contribution in [0.3, 0.4) is 0 Å². The summed E-state index contributed by atoms with van der Waals surface area (Å²) in [5.74, 6) is -0.501. The van der Waals surface area contributed by atoms with E-state index < -0.39 is 5.79 Å². The average Bonchev–Trinajstić information content (AvgIpc) is 2.89. The second-order valence-electron chi connectivity index (χ2n) is 6.80. The molecule has 2 unspecified atom stereocenters. The van der Waals surface area contributed by atoms with Crippen molar-refractivity contribution in [3.63, 3.8) is 0 Å². The van der Waals surface area contributed by atoms with Crippen LogP contribution in [-0.4, -0.2) is 49.2 Å². The Morgan fingerprint density at radius 1 is 1.26 bits per heavy atom. The van der Waals surface area contributed by atoms with E-state index in [1.54, 1.807) is 0 Å². The minimum absolute atomic E-state index is 0.0131. The molecule has 2 heterocycles. The largest absolute Gasteiger partial charge is 0.396 e. The summed E-state index contributed by atoms with van der Waals surface area (Å²) in [5.41, 5.74) is 0. The maximum absolute atomic E-state index is 8.89. The van der Waals surface area contributed by atoms with Gasteiger partial charge in [-0.25, -0.2) is 0 Å². The van der Waals surface area contributed by atoms with Gasteiger partial charge < -0.3 is 24.1 Å². The molecule has 0 aromatic rings. The van der Waals surface area contributed by atoms with E-state index >= 15 is 0 Å². The molecule has 0 amide bonds. The van der Waals surface area contributed by atoms with Gasteiger partial charge in [0.05, 0.1) is 12.7 Å². The minimum atomic E-state index is -0.501. The van der Waals surface area contributed by atoms with Crippen LogP contribution in [0.2, 0.25) is 0 Å². The van der Waals surface area contributed by atoms with Crippen LogP contribution in [0.1, 0.15) is 58.8 Å². The van der Waals surface area contributed by atoms with Crippen LogP contribution in [-0.2, 0) is 18.9 Å². The Balaban J connectivity index is 1.81. The van der Waals surface area contributed by atoms with Crippen LogP contribution in [0.5, 0.6) is 0 Å². The van der Waals surface area contributed by atoms with Crippen LogP contribution in [0, 0.1) is 0 Å². The van der Waals surface area contributed by atoms with Crippen LogP contribution >= 0.6 is 0 Å². The molecule has 2 fully saturated rings. The van der Waals surface area contributed by atoms with Crippen molar-refractivity contribution >= 4 is 0 Å². The number of aliphatic hydroxyl groups excluding tert-OH is 1. The Bertz CT molecular complexity index is 349. The van der Waals surface area contributed by atoms with E-state index in [1.807, 2.05) is 19.9 Å². The zero-order chi connectivity index (χ0) is 16.5. The molecule has 2 aliphatic heterocycles. The van der Waals surface area contributed by atoms with Gasteiger partial charge in [0.1, 0.15) is 6.10 Å². The number of aliphatic hydroxyl groups is 1. The van der Waals surface area contributed by atoms with E-state index in [0.717, 1.165) is 45.1 Å². The molecule has 2 aliphatic rings. The molecule has 1 N–H and O–H groups in total. The SMILES string of the molecule is CC1(C)OC[C@H](/C=C/C(CCCCCO)OC2CCCCO2)O1. The lowest BCUT2D eigenvalue weighted by Gasteiger charge is -2.26. The van der Waals surface area contributed by atoms with Crippen LogP contribution in [0.4, 0.5) is 0 Å². The molecular weight excluding hydrogens is 296 g/mol. The fraction of sp³-hybridized carbons (Fsp3) is 0.889. The Kier molecular flexibility index (Phi) is 7.99. The van der Waals surface area contributed by atoms with Crippen molar-refractivity contribution in [1.29, 1.82) is 0 Å². The summed E-state index contributed by atoms with van der Waals surface area (Å²) < 4.78 is 23.2. The zero-order valence-electron chi connectivity index (χ0n) is 14.5. The molecule has 0 saturated carbocycles. The molecule has 0 aromatic heterocycles. The maximum atomic E-state index is 8.89. The molecule has 5 nitrogen and oxygen atoms in total. The summed E-state index contributed by atoms with van der Waals surface area (Å²) in [6.45, 7) is 5.49. The number of ether oxygens (including phenoxy) is 4. The van der Waals surface area contributed by atoms with Gasteiger partial charge in [-0.3, -0.25) is 0 Å². The third-order valence-corrected chi connectivity index (χ3v) is 4.18. The van der Waals surface area contributed by atoms with Crippen molar-refractivity contribution in [1.82, 2.24) is 0 Å². The Labute approximate surface area is 139 Å². The molecule has 134 valence electrons. The van der Waals surface area contributed by atoms with Crippen molar-refractivity contribution in [3.05, 3.63) is 12.2 Å². The summed E-state index contributed by atoms with van der Waals surface area (Å²) >= 11 is 0. The highest BCUT2D eigenvalue weighted by Crippen LogP contribution is 2.24. The lowest BCUT2D eigenvalue weighted by molar-refractivity contribution is -0.179. The first-order valence-corrected chi connectivity index (χ1v) is 8.97. The summed E-state index contributed by atoms with van der Waals surface area (Å²) in [5, 5.41) is 8.89. The third kappa shape index (κ3) is 7.31. The van der Waals surface area contributed by atoms with Crippen molar-refractivity contribution in [3.8, 4) is 0 Å². The summed E-state index contributed by atoms with van der Waals surface area (Å²) in [4.78, 5) is 0. The first-order chi connectivity index (χ1) is 11.1. The standard InChI is InChI=1S/C18H32O5/c1-18(2)21-14-16(23-18)11-10-15(8-4-3-6-12-19)22-17-9-5-7-13-20-17/h10-11,15-17,19H,3-9,12-14H2,1-2H3/b11-10+/t15?,16-,17?/m0/s1. The minimum Gasteiger partial charge on any atom is -0.396 e. The molecule has 0 spiro atoms. The van der Waals surface area contributed by atoms with E-state index in [2.05, 4.69) is 6.08 Å². The second-order valence-corrected chi connectivity index (χ2v) is 6.80. The molecule has 23 heavy (non-hydrogen) atoms. The van der Waals surface area contributed by atoms with E-state index in [1.165, 1.54) is 6.42 Å². The van der Waals surface area contributed by atoms with Crippen molar-refractivity contribution in [2.75, 3.05) is 19.8 Å². The molecular formula is C18H32O5. The first kappa shape index (κ1) is 18.9. The molecule has 2 saturated heterocycles. The monoisotopic (exact) mass is 328 g/mol. The molecule has 0 radical (unpaired) electrons. The number of unbranched alkanes of at least 4 members (excludes halogenated alkanes) is 2. The highest BCUT2D eigenvalue weighted by molar-refractivity contribution is 4.97. The second kappa shape index (κ2) is 9.74. The smallest absolute Gasteiger partial charge is 0.163 e. The van der Waals surface area contributed by atoms with Crippen molar-refractivity contribution in [2.24, 2.45) is 0 Å². The topological polar surface area (TPSA) is 57.2 Å². The van der Waals surface area contributed by atoms with E-state index in [9.17, 15) is 0 Å². The van der Waals surface area contributed by atoms with Crippen LogP contribution < -0.4 is 0 Å². The molecule has 3 atom stereocenters. The predicted molar refractivity (Wildman–Crippen MR) is 88.1 cm³/mol. The number of hydrogen-bond acceptors (Lipinski definition) is 5. The van der Waals surface area contributed by atoms with Crippen molar-refractivity contribution < 1.29 is 24.1 Å². The lowest BCUT2D eigenvalue weighted by Crippen LogP contribution is -2.27. The Morgan fingerprint density at radius 2 is 2.13 bits per heavy atom. The summed E-state index contributed by atoms with van der Waals surface area (Å²) in [6, 6.07) is 0. The highest BCUT2D eigenvalue weighted by Gasteiger charge is 2.31. The number of rotatable bonds is 9. The maximum Gasteiger partial charge on any atom is 0.163 e. The third-order valence-electron chi connectivity index (χ3n) is 4.18. The fourth-order valence-electron chi connectivity index (χ4n) is 2.92. The first-order valence-electron chi connectivity index (χ1n) is 8.97. The predicted octanol–water partition coefficient (Wildman–Crippen LogP) is 3.16. The van der Waals surface area contributed by atoms with Gasteiger partial charge in [0, 0.05) is 13.2 Å². The highest BCUT2D eigenvalue weighted by atomic mass is 16.7. The van der Waals surface area contributed by atoms with Gasteiger partial charge in [-0.2, -0.15) is 0 Å². The summed E-state index contributed by atoms with van der Waals surface area (Å²) in [7, 11) is 0. The number of hydrogen-bond donors (Lipinski definition) is 1. The molecule has 0 aromatic carbocycles. The molecule has 0 bridgehead atoms. The van der Waals surface area contributed by atoms with Crippen LogP contribution in [0.25, 0.3) is 0 Å². The zero-order valence-corrected chi connectivity index (χ0v) is 14.5. The Morgan fingerprint density at radius 3 is 2.78 bits per heavy atom. The van der Waals surface area contributed by atoms with Crippen LogP contribution in [0.15, 0.2) is 12.2 Å². The van der Waals surface area contributed by atoms with E-state index in [-0.39, 0.29) is 25.1 Å². The van der Waals surface area contributed by atoms with Gasteiger partial charge in [-0.15, -0.1) is 0 Å². The van der Waals surface area contributed by atoms with E-state index in [4.69, 9.17) is 24.1 Å². The Hall–Kier alpha value is -0.460.